The molecule has 2 saturated carbocycles. The number of carboxylic acids is 1. The van der Waals surface area contributed by atoms with Crippen LogP contribution in [0.2, 0.25) is 0 Å². The Balaban J connectivity index is 1.32. The van der Waals surface area contributed by atoms with Crippen molar-refractivity contribution in [2.75, 3.05) is 13.1 Å². The molecule has 21 heavy (non-hydrogen) atoms. The van der Waals surface area contributed by atoms with E-state index in [4.69, 9.17) is 5.11 Å². The lowest BCUT2D eigenvalue weighted by Crippen LogP contribution is -2.54. The van der Waals surface area contributed by atoms with Crippen molar-refractivity contribution in [2.24, 2.45) is 11.8 Å². The molecular formula is C15H22N4O2. The van der Waals surface area contributed by atoms with Gasteiger partial charge in [0.25, 0.3) is 0 Å². The Hall–Kier alpha value is -1.43. The molecule has 2 aliphatic carbocycles. The van der Waals surface area contributed by atoms with E-state index in [9.17, 15) is 4.79 Å². The zero-order valence-electron chi connectivity index (χ0n) is 12.2. The molecule has 4 rings (SSSR count). The van der Waals surface area contributed by atoms with Crippen LogP contribution in [-0.2, 0) is 0 Å². The molecule has 0 amide bonds. The normalized spacial score (nSPS) is 31.0. The summed E-state index contributed by atoms with van der Waals surface area (Å²) in [6.45, 7) is 1.98. The van der Waals surface area contributed by atoms with E-state index in [-0.39, 0.29) is 5.69 Å². The average Bonchev–Trinajstić information content (AvgIpc) is 3.16. The fourth-order valence-corrected chi connectivity index (χ4v) is 4.03. The fraction of sp³-hybridized carbons (Fsp3) is 0.800. The minimum atomic E-state index is -1.00. The van der Waals surface area contributed by atoms with Crippen LogP contribution in [0, 0.1) is 11.8 Å². The van der Waals surface area contributed by atoms with Crippen LogP contribution in [0.3, 0.4) is 0 Å². The summed E-state index contributed by atoms with van der Waals surface area (Å²) >= 11 is 0. The Kier molecular flexibility index (Phi) is 3.21. The molecule has 1 saturated heterocycles. The molecule has 114 valence electrons. The molecule has 0 radical (unpaired) electrons. The fourth-order valence-electron chi connectivity index (χ4n) is 4.03. The Morgan fingerprint density at radius 1 is 1.14 bits per heavy atom. The van der Waals surface area contributed by atoms with Crippen molar-refractivity contribution in [1.82, 2.24) is 19.9 Å². The molecule has 1 aromatic heterocycles. The van der Waals surface area contributed by atoms with E-state index in [0.717, 1.165) is 31.0 Å². The van der Waals surface area contributed by atoms with E-state index in [1.165, 1.54) is 38.5 Å². The van der Waals surface area contributed by atoms with Crippen LogP contribution in [0.4, 0.5) is 0 Å². The van der Waals surface area contributed by atoms with E-state index in [1.807, 2.05) is 0 Å². The number of carboxylic acid groups (broad SMARTS) is 1. The molecular weight excluding hydrogens is 268 g/mol. The molecule has 2 unspecified atom stereocenters. The van der Waals surface area contributed by atoms with Gasteiger partial charge in [-0.05, 0) is 37.5 Å². The third kappa shape index (κ3) is 2.57. The van der Waals surface area contributed by atoms with Gasteiger partial charge < -0.3 is 5.11 Å². The molecule has 1 aromatic rings. The second kappa shape index (κ2) is 5.09. The maximum Gasteiger partial charge on any atom is 0.358 e. The standard InChI is InChI=1S/C15H22N4O2/c20-15(21)14-9-19(17-16-14)13-7-18(8-13)12-3-1-2-11(6-12)10-4-5-10/h9-13H,1-8H2,(H,20,21). The maximum absolute atomic E-state index is 10.8. The predicted molar refractivity (Wildman–Crippen MR) is 76.1 cm³/mol. The number of likely N-dealkylation sites (tertiary alicyclic amines) is 1. The van der Waals surface area contributed by atoms with Gasteiger partial charge >= 0.3 is 5.97 Å². The molecule has 3 aliphatic rings. The number of aromatic nitrogens is 3. The summed E-state index contributed by atoms with van der Waals surface area (Å²) in [7, 11) is 0. The highest BCUT2D eigenvalue weighted by molar-refractivity contribution is 5.84. The van der Waals surface area contributed by atoms with Crippen LogP contribution < -0.4 is 0 Å². The zero-order valence-corrected chi connectivity index (χ0v) is 12.2. The van der Waals surface area contributed by atoms with Gasteiger partial charge in [-0.3, -0.25) is 4.90 Å². The maximum atomic E-state index is 10.8. The highest BCUT2D eigenvalue weighted by Gasteiger charge is 2.40. The van der Waals surface area contributed by atoms with Gasteiger partial charge in [-0.1, -0.05) is 18.1 Å². The number of carbonyl (C=O) groups is 1. The van der Waals surface area contributed by atoms with E-state index in [2.05, 4.69) is 15.2 Å². The van der Waals surface area contributed by atoms with Crippen LogP contribution in [0.25, 0.3) is 0 Å². The lowest BCUT2D eigenvalue weighted by atomic mass is 9.81. The van der Waals surface area contributed by atoms with Gasteiger partial charge in [-0.15, -0.1) is 5.10 Å². The first-order valence-corrected chi connectivity index (χ1v) is 8.10. The summed E-state index contributed by atoms with van der Waals surface area (Å²) in [6, 6.07) is 1.04. The number of rotatable bonds is 4. The summed E-state index contributed by atoms with van der Waals surface area (Å²) in [5.41, 5.74) is 0.0416. The monoisotopic (exact) mass is 290 g/mol. The van der Waals surface area contributed by atoms with Gasteiger partial charge in [-0.25, -0.2) is 9.48 Å². The van der Waals surface area contributed by atoms with Crippen LogP contribution in [-0.4, -0.2) is 50.1 Å². The highest BCUT2D eigenvalue weighted by Crippen LogP contribution is 2.45. The SMILES string of the molecule is O=C(O)c1cn(C2CN(C3CCCC(C4CC4)C3)C2)nn1. The summed E-state index contributed by atoms with van der Waals surface area (Å²) in [4.78, 5) is 13.4. The number of hydrogen-bond acceptors (Lipinski definition) is 4. The number of nitrogens with zero attached hydrogens (tertiary/aromatic N) is 4. The summed E-state index contributed by atoms with van der Waals surface area (Å²) in [5, 5.41) is 16.5. The van der Waals surface area contributed by atoms with Crippen molar-refractivity contribution in [1.29, 1.82) is 0 Å². The van der Waals surface area contributed by atoms with Crippen molar-refractivity contribution in [3.05, 3.63) is 11.9 Å². The topological polar surface area (TPSA) is 71.2 Å². The lowest BCUT2D eigenvalue weighted by Gasteiger charge is -2.46. The van der Waals surface area contributed by atoms with Crippen molar-refractivity contribution in [3.63, 3.8) is 0 Å². The molecule has 2 heterocycles. The van der Waals surface area contributed by atoms with Crippen molar-refractivity contribution < 1.29 is 9.90 Å². The summed E-state index contributed by atoms with van der Waals surface area (Å²) < 4.78 is 1.72. The van der Waals surface area contributed by atoms with Crippen LogP contribution in [0.1, 0.15) is 55.1 Å². The molecule has 0 spiro atoms. The van der Waals surface area contributed by atoms with Crippen LogP contribution in [0.5, 0.6) is 0 Å². The molecule has 6 nitrogen and oxygen atoms in total. The molecule has 6 heteroatoms. The quantitative estimate of drug-likeness (QED) is 0.915. The van der Waals surface area contributed by atoms with Gasteiger partial charge in [-0.2, -0.15) is 0 Å². The minimum absolute atomic E-state index is 0.0416. The Morgan fingerprint density at radius 3 is 2.62 bits per heavy atom. The number of aromatic carboxylic acids is 1. The van der Waals surface area contributed by atoms with E-state index < -0.39 is 5.97 Å². The van der Waals surface area contributed by atoms with Gasteiger partial charge in [0, 0.05) is 19.1 Å². The largest absolute Gasteiger partial charge is 0.476 e. The van der Waals surface area contributed by atoms with Crippen molar-refractivity contribution in [2.45, 2.75) is 50.6 Å². The second-order valence-electron chi connectivity index (χ2n) is 6.91. The predicted octanol–water partition coefficient (Wildman–Crippen LogP) is 1.80. The molecule has 1 aliphatic heterocycles. The van der Waals surface area contributed by atoms with Gasteiger partial charge in [0.15, 0.2) is 5.69 Å². The Labute approximate surface area is 124 Å². The highest BCUT2D eigenvalue weighted by atomic mass is 16.4. The third-order valence-electron chi connectivity index (χ3n) is 5.49. The van der Waals surface area contributed by atoms with Gasteiger partial charge in [0.1, 0.15) is 0 Å². The average molecular weight is 290 g/mol. The Bertz CT molecular complexity index is 534. The van der Waals surface area contributed by atoms with Crippen LogP contribution in [0.15, 0.2) is 6.20 Å². The summed E-state index contributed by atoms with van der Waals surface area (Å²) in [6.07, 6.45) is 9.97. The van der Waals surface area contributed by atoms with Crippen molar-refractivity contribution in [3.8, 4) is 0 Å². The minimum Gasteiger partial charge on any atom is -0.476 e. The molecule has 3 fully saturated rings. The third-order valence-corrected chi connectivity index (χ3v) is 5.49. The summed E-state index contributed by atoms with van der Waals surface area (Å²) in [5.74, 6) is 0.989. The van der Waals surface area contributed by atoms with E-state index in [0.29, 0.717) is 6.04 Å². The lowest BCUT2D eigenvalue weighted by molar-refractivity contribution is 0.0218. The van der Waals surface area contributed by atoms with Crippen LogP contribution >= 0.6 is 0 Å². The molecule has 0 bridgehead atoms. The number of hydrogen-bond donors (Lipinski definition) is 1. The molecule has 0 aromatic carbocycles. The van der Waals surface area contributed by atoms with E-state index >= 15 is 0 Å². The second-order valence-corrected chi connectivity index (χ2v) is 6.91. The molecule has 2 atom stereocenters. The first-order valence-electron chi connectivity index (χ1n) is 8.10. The smallest absolute Gasteiger partial charge is 0.358 e. The van der Waals surface area contributed by atoms with E-state index in [1.54, 1.807) is 10.9 Å². The van der Waals surface area contributed by atoms with Gasteiger partial charge in [0.05, 0.1) is 12.2 Å². The Morgan fingerprint density at radius 2 is 1.95 bits per heavy atom. The van der Waals surface area contributed by atoms with Crippen molar-refractivity contribution >= 4 is 5.97 Å². The van der Waals surface area contributed by atoms with Gasteiger partial charge in [0.2, 0.25) is 0 Å². The first-order chi connectivity index (χ1) is 10.2. The first kappa shape index (κ1) is 13.2. The molecule has 1 N–H and O–H groups in total. The zero-order chi connectivity index (χ0) is 14.4.